The molecule has 4 nitrogen and oxygen atoms in total. The first-order valence-electron chi connectivity index (χ1n) is 7.08. The van der Waals surface area contributed by atoms with Crippen LogP contribution in [0.25, 0.3) is 0 Å². The van der Waals surface area contributed by atoms with E-state index in [1.54, 1.807) is 12.1 Å². The van der Waals surface area contributed by atoms with Gasteiger partial charge in [0.15, 0.2) is 11.5 Å². The molecule has 0 spiro atoms. The molecule has 2 aromatic carbocycles. The summed E-state index contributed by atoms with van der Waals surface area (Å²) in [7, 11) is 0. The molecule has 2 aromatic rings. The number of hydrogen-bond acceptors (Lipinski definition) is 4. The Kier molecular flexibility index (Phi) is 4.71. The molecule has 0 aromatic heterocycles. The zero-order valence-electron chi connectivity index (χ0n) is 13.0. The van der Waals surface area contributed by atoms with Gasteiger partial charge in [-0.3, -0.25) is 0 Å². The van der Waals surface area contributed by atoms with Crippen molar-refractivity contribution in [1.29, 1.82) is 0 Å². The SMILES string of the molecule is CC(C)(C)c1ccc(OC(=O)OCc2ccccc2)c(O)c1. The summed E-state index contributed by atoms with van der Waals surface area (Å²) in [5, 5.41) is 9.96. The summed E-state index contributed by atoms with van der Waals surface area (Å²) in [6, 6.07) is 14.3. The quantitative estimate of drug-likeness (QED) is 0.674. The third kappa shape index (κ3) is 4.25. The predicted molar refractivity (Wildman–Crippen MR) is 84.1 cm³/mol. The number of aromatic hydroxyl groups is 1. The monoisotopic (exact) mass is 300 g/mol. The molecular formula is C18H20O4. The van der Waals surface area contributed by atoms with Crippen LogP contribution in [0.3, 0.4) is 0 Å². The number of rotatable bonds is 3. The Morgan fingerprint density at radius 1 is 1.09 bits per heavy atom. The van der Waals surface area contributed by atoms with Gasteiger partial charge in [0.2, 0.25) is 0 Å². The van der Waals surface area contributed by atoms with Gasteiger partial charge in [-0.15, -0.1) is 0 Å². The minimum Gasteiger partial charge on any atom is -0.504 e. The van der Waals surface area contributed by atoms with Crippen molar-refractivity contribution in [2.45, 2.75) is 32.8 Å². The maximum Gasteiger partial charge on any atom is 0.514 e. The van der Waals surface area contributed by atoms with Crippen LogP contribution < -0.4 is 4.74 Å². The van der Waals surface area contributed by atoms with Gasteiger partial charge in [-0.25, -0.2) is 4.79 Å². The molecule has 0 atom stereocenters. The van der Waals surface area contributed by atoms with Crippen molar-refractivity contribution in [3.05, 3.63) is 59.7 Å². The number of carbonyl (C=O) groups is 1. The molecule has 0 saturated carbocycles. The Morgan fingerprint density at radius 3 is 2.36 bits per heavy atom. The Labute approximate surface area is 130 Å². The van der Waals surface area contributed by atoms with Crippen molar-refractivity contribution in [3.8, 4) is 11.5 Å². The molecule has 0 radical (unpaired) electrons. The molecule has 4 heteroatoms. The maximum absolute atomic E-state index is 11.7. The molecule has 2 rings (SSSR count). The van der Waals surface area contributed by atoms with Crippen molar-refractivity contribution in [1.82, 2.24) is 0 Å². The van der Waals surface area contributed by atoms with Crippen LogP contribution in [0.2, 0.25) is 0 Å². The highest BCUT2D eigenvalue weighted by atomic mass is 16.7. The number of phenolic OH excluding ortho intramolecular Hbond substituents is 1. The summed E-state index contributed by atoms with van der Waals surface area (Å²) < 4.78 is 10.0. The largest absolute Gasteiger partial charge is 0.514 e. The van der Waals surface area contributed by atoms with Crippen LogP contribution in [0.15, 0.2) is 48.5 Å². The van der Waals surface area contributed by atoms with E-state index in [-0.39, 0.29) is 23.5 Å². The lowest BCUT2D eigenvalue weighted by atomic mass is 9.87. The number of hydrogen-bond donors (Lipinski definition) is 1. The van der Waals surface area contributed by atoms with E-state index in [0.717, 1.165) is 11.1 Å². The van der Waals surface area contributed by atoms with E-state index in [1.165, 1.54) is 0 Å². The number of benzene rings is 2. The van der Waals surface area contributed by atoms with Crippen molar-refractivity contribution < 1.29 is 19.4 Å². The summed E-state index contributed by atoms with van der Waals surface area (Å²) in [6.45, 7) is 6.24. The molecule has 0 unspecified atom stereocenters. The Balaban J connectivity index is 1.97. The Bertz CT molecular complexity index is 642. The molecule has 22 heavy (non-hydrogen) atoms. The second kappa shape index (κ2) is 6.52. The van der Waals surface area contributed by atoms with Gasteiger partial charge in [-0.2, -0.15) is 0 Å². The summed E-state index contributed by atoms with van der Waals surface area (Å²) in [5.41, 5.74) is 1.73. The van der Waals surface area contributed by atoms with E-state index < -0.39 is 6.16 Å². The van der Waals surface area contributed by atoms with Gasteiger partial charge in [0.1, 0.15) is 6.61 Å². The van der Waals surface area contributed by atoms with Crippen LogP contribution >= 0.6 is 0 Å². The minimum atomic E-state index is -0.845. The third-order valence-electron chi connectivity index (χ3n) is 3.22. The summed E-state index contributed by atoms with van der Waals surface area (Å²) in [4.78, 5) is 11.7. The molecule has 1 N–H and O–H groups in total. The highest BCUT2D eigenvalue weighted by Crippen LogP contribution is 2.32. The first kappa shape index (κ1) is 15.9. The van der Waals surface area contributed by atoms with Gasteiger partial charge in [0.25, 0.3) is 0 Å². The van der Waals surface area contributed by atoms with Crippen molar-refractivity contribution in [2.75, 3.05) is 0 Å². The molecule has 116 valence electrons. The van der Waals surface area contributed by atoms with Crippen LogP contribution in [-0.2, 0) is 16.8 Å². The lowest BCUT2D eigenvalue weighted by molar-refractivity contribution is 0.0917. The van der Waals surface area contributed by atoms with E-state index in [4.69, 9.17) is 9.47 Å². The van der Waals surface area contributed by atoms with Crippen LogP contribution in [0.1, 0.15) is 31.9 Å². The minimum absolute atomic E-state index is 0.0795. The van der Waals surface area contributed by atoms with Gasteiger partial charge in [-0.1, -0.05) is 57.2 Å². The third-order valence-corrected chi connectivity index (χ3v) is 3.22. The Morgan fingerprint density at radius 2 is 1.77 bits per heavy atom. The molecular weight excluding hydrogens is 280 g/mol. The van der Waals surface area contributed by atoms with E-state index in [1.807, 2.05) is 57.2 Å². The van der Waals surface area contributed by atoms with Crippen LogP contribution in [0, 0.1) is 0 Å². The van der Waals surface area contributed by atoms with Gasteiger partial charge < -0.3 is 14.6 Å². The fourth-order valence-corrected chi connectivity index (χ4v) is 1.91. The molecule has 0 heterocycles. The highest BCUT2D eigenvalue weighted by molar-refractivity contribution is 5.65. The summed E-state index contributed by atoms with van der Waals surface area (Å²) >= 11 is 0. The van der Waals surface area contributed by atoms with Gasteiger partial charge in [0.05, 0.1) is 0 Å². The van der Waals surface area contributed by atoms with E-state index >= 15 is 0 Å². The van der Waals surface area contributed by atoms with Crippen molar-refractivity contribution in [3.63, 3.8) is 0 Å². The molecule has 0 amide bonds. The highest BCUT2D eigenvalue weighted by Gasteiger charge is 2.17. The number of phenols is 1. The lowest BCUT2D eigenvalue weighted by Gasteiger charge is -2.19. The zero-order chi connectivity index (χ0) is 16.2. The van der Waals surface area contributed by atoms with Crippen LogP contribution in [0.5, 0.6) is 11.5 Å². The fraction of sp³-hybridized carbons (Fsp3) is 0.278. The second-order valence-corrected chi connectivity index (χ2v) is 6.06. The van der Waals surface area contributed by atoms with E-state index in [0.29, 0.717) is 0 Å². The normalized spacial score (nSPS) is 11.0. The first-order chi connectivity index (χ1) is 10.4. The molecule has 0 aliphatic heterocycles. The van der Waals surface area contributed by atoms with Gasteiger partial charge in [0, 0.05) is 0 Å². The summed E-state index contributed by atoms with van der Waals surface area (Å²) in [5.74, 6) is 0.00940. The smallest absolute Gasteiger partial charge is 0.504 e. The van der Waals surface area contributed by atoms with Crippen LogP contribution in [-0.4, -0.2) is 11.3 Å². The lowest BCUT2D eigenvalue weighted by Crippen LogP contribution is -2.12. The first-order valence-corrected chi connectivity index (χ1v) is 7.08. The van der Waals surface area contributed by atoms with Crippen molar-refractivity contribution >= 4 is 6.16 Å². The van der Waals surface area contributed by atoms with Gasteiger partial charge in [-0.05, 0) is 28.7 Å². The van der Waals surface area contributed by atoms with E-state index in [9.17, 15) is 9.90 Å². The average Bonchev–Trinajstić information content (AvgIpc) is 2.47. The van der Waals surface area contributed by atoms with Crippen molar-refractivity contribution in [2.24, 2.45) is 0 Å². The maximum atomic E-state index is 11.7. The number of ether oxygens (including phenoxy) is 2. The molecule has 0 fully saturated rings. The standard InChI is InChI=1S/C18H20O4/c1-18(2,3)14-9-10-16(15(19)11-14)22-17(20)21-12-13-7-5-4-6-8-13/h4-11,19H,12H2,1-3H3. The molecule has 0 bridgehead atoms. The van der Waals surface area contributed by atoms with E-state index in [2.05, 4.69) is 0 Å². The van der Waals surface area contributed by atoms with Crippen LogP contribution in [0.4, 0.5) is 4.79 Å². The number of carbonyl (C=O) groups excluding carboxylic acids is 1. The molecule has 0 aliphatic carbocycles. The predicted octanol–water partition coefficient (Wildman–Crippen LogP) is 4.41. The topological polar surface area (TPSA) is 55.8 Å². The average molecular weight is 300 g/mol. The molecule has 0 aliphatic rings. The van der Waals surface area contributed by atoms with Gasteiger partial charge >= 0.3 is 6.16 Å². The second-order valence-electron chi connectivity index (χ2n) is 6.06. The summed E-state index contributed by atoms with van der Waals surface area (Å²) in [6.07, 6.45) is -0.845. The Hall–Kier alpha value is -2.49. The fourth-order valence-electron chi connectivity index (χ4n) is 1.91. The zero-order valence-corrected chi connectivity index (χ0v) is 13.0. The molecule has 0 saturated heterocycles.